The van der Waals surface area contributed by atoms with Crippen molar-refractivity contribution >= 4 is 0 Å². The Bertz CT molecular complexity index is 753. The largest absolute Gasteiger partial charge is 0.497 e. The molecule has 1 N–H and O–H groups in total. The van der Waals surface area contributed by atoms with Crippen molar-refractivity contribution in [2.24, 2.45) is 0 Å². The van der Waals surface area contributed by atoms with Crippen molar-refractivity contribution in [1.82, 2.24) is 20.2 Å². The van der Waals surface area contributed by atoms with Gasteiger partial charge in [-0.05, 0) is 34.5 Å². The summed E-state index contributed by atoms with van der Waals surface area (Å²) in [6.45, 7) is 0.532. The van der Waals surface area contributed by atoms with Gasteiger partial charge in [-0.15, -0.1) is 10.2 Å². The molecule has 0 bridgehead atoms. The molecule has 0 aliphatic rings. The minimum Gasteiger partial charge on any atom is -0.497 e. The van der Waals surface area contributed by atoms with Crippen LogP contribution in [0.1, 0.15) is 11.1 Å². The molecule has 0 amide bonds. The molecule has 3 aromatic rings. The zero-order chi connectivity index (χ0) is 15.4. The van der Waals surface area contributed by atoms with Crippen LogP contribution in [0.5, 0.6) is 5.75 Å². The van der Waals surface area contributed by atoms with E-state index in [2.05, 4.69) is 15.4 Å². The summed E-state index contributed by atoms with van der Waals surface area (Å²) in [5.74, 6) is 1.36. The van der Waals surface area contributed by atoms with Gasteiger partial charge < -0.3 is 9.84 Å². The molecule has 0 radical (unpaired) electrons. The summed E-state index contributed by atoms with van der Waals surface area (Å²) in [4.78, 5) is 1.54. The third kappa shape index (κ3) is 3.12. The first-order valence-corrected chi connectivity index (χ1v) is 6.89. The topological polar surface area (TPSA) is 73.1 Å². The SMILES string of the molecule is COc1ccc(Cn2nnc(-c3cccc(CO)c3)n2)cc1. The van der Waals surface area contributed by atoms with Crippen LogP contribution in [-0.2, 0) is 13.2 Å². The predicted molar refractivity (Wildman–Crippen MR) is 81.3 cm³/mol. The van der Waals surface area contributed by atoms with E-state index in [1.54, 1.807) is 11.9 Å². The van der Waals surface area contributed by atoms with E-state index in [0.717, 1.165) is 22.4 Å². The maximum Gasteiger partial charge on any atom is 0.204 e. The maximum absolute atomic E-state index is 9.18. The fraction of sp³-hybridized carbons (Fsp3) is 0.188. The van der Waals surface area contributed by atoms with E-state index in [-0.39, 0.29) is 6.61 Å². The Balaban J connectivity index is 1.77. The number of ether oxygens (including phenoxy) is 1. The average Bonchev–Trinajstić information content (AvgIpc) is 3.04. The van der Waals surface area contributed by atoms with Crippen molar-refractivity contribution in [2.45, 2.75) is 13.2 Å². The van der Waals surface area contributed by atoms with Crippen LogP contribution in [0.15, 0.2) is 48.5 Å². The van der Waals surface area contributed by atoms with Crippen LogP contribution in [0, 0.1) is 0 Å². The number of rotatable bonds is 5. The Hall–Kier alpha value is -2.73. The first-order valence-electron chi connectivity index (χ1n) is 6.89. The van der Waals surface area contributed by atoms with E-state index < -0.39 is 0 Å². The number of hydrogen-bond donors (Lipinski definition) is 1. The second-order valence-electron chi connectivity index (χ2n) is 4.85. The molecule has 0 saturated heterocycles. The van der Waals surface area contributed by atoms with E-state index in [0.29, 0.717) is 12.4 Å². The van der Waals surface area contributed by atoms with Crippen LogP contribution in [0.25, 0.3) is 11.4 Å². The minimum atomic E-state index is -0.00613. The molecule has 22 heavy (non-hydrogen) atoms. The second kappa shape index (κ2) is 6.36. The van der Waals surface area contributed by atoms with E-state index in [9.17, 15) is 5.11 Å². The molecular weight excluding hydrogens is 280 g/mol. The quantitative estimate of drug-likeness (QED) is 0.778. The molecule has 3 rings (SSSR count). The Morgan fingerprint density at radius 2 is 1.91 bits per heavy atom. The van der Waals surface area contributed by atoms with Crippen molar-refractivity contribution in [3.05, 3.63) is 59.7 Å². The van der Waals surface area contributed by atoms with Crippen LogP contribution in [0.4, 0.5) is 0 Å². The Morgan fingerprint density at radius 3 is 2.64 bits per heavy atom. The Morgan fingerprint density at radius 1 is 1.09 bits per heavy atom. The summed E-state index contributed by atoms with van der Waals surface area (Å²) in [6.07, 6.45) is 0. The maximum atomic E-state index is 9.18. The number of aliphatic hydroxyl groups excluding tert-OH is 1. The molecule has 2 aromatic carbocycles. The molecule has 0 atom stereocenters. The average molecular weight is 296 g/mol. The second-order valence-corrected chi connectivity index (χ2v) is 4.85. The highest BCUT2D eigenvalue weighted by Gasteiger charge is 2.07. The molecule has 1 aromatic heterocycles. The van der Waals surface area contributed by atoms with Gasteiger partial charge in [-0.25, -0.2) is 0 Å². The van der Waals surface area contributed by atoms with Crippen molar-refractivity contribution in [3.8, 4) is 17.1 Å². The molecule has 0 fully saturated rings. The summed E-state index contributed by atoms with van der Waals surface area (Å²) >= 11 is 0. The van der Waals surface area contributed by atoms with E-state index in [4.69, 9.17) is 4.74 Å². The van der Waals surface area contributed by atoms with Crippen molar-refractivity contribution < 1.29 is 9.84 Å². The highest BCUT2D eigenvalue weighted by molar-refractivity contribution is 5.54. The molecule has 0 aliphatic heterocycles. The number of aliphatic hydroxyl groups is 1. The normalized spacial score (nSPS) is 10.6. The molecule has 0 aliphatic carbocycles. The number of nitrogens with zero attached hydrogens (tertiary/aromatic N) is 4. The number of benzene rings is 2. The first-order chi connectivity index (χ1) is 10.8. The molecule has 6 heteroatoms. The van der Waals surface area contributed by atoms with Gasteiger partial charge in [0.15, 0.2) is 0 Å². The van der Waals surface area contributed by atoms with Gasteiger partial charge in [-0.1, -0.05) is 30.3 Å². The van der Waals surface area contributed by atoms with Crippen LogP contribution < -0.4 is 4.74 Å². The summed E-state index contributed by atoms with van der Waals surface area (Å²) in [5.41, 5.74) is 2.73. The van der Waals surface area contributed by atoms with E-state index >= 15 is 0 Å². The summed E-state index contributed by atoms with van der Waals surface area (Å²) < 4.78 is 5.13. The van der Waals surface area contributed by atoms with E-state index in [1.165, 1.54) is 0 Å². The van der Waals surface area contributed by atoms with Gasteiger partial charge in [-0.2, -0.15) is 4.80 Å². The molecular formula is C16H16N4O2. The summed E-state index contributed by atoms with van der Waals surface area (Å²) in [7, 11) is 1.64. The van der Waals surface area contributed by atoms with Crippen LogP contribution in [0.3, 0.4) is 0 Å². The smallest absolute Gasteiger partial charge is 0.204 e. The zero-order valence-corrected chi connectivity index (χ0v) is 12.2. The molecule has 6 nitrogen and oxygen atoms in total. The first kappa shape index (κ1) is 14.2. The lowest BCUT2D eigenvalue weighted by atomic mass is 10.1. The Kier molecular flexibility index (Phi) is 4.11. The molecule has 112 valence electrons. The minimum absolute atomic E-state index is 0.00613. The summed E-state index contributed by atoms with van der Waals surface area (Å²) in [5, 5.41) is 21.7. The van der Waals surface area contributed by atoms with Crippen LogP contribution in [-0.4, -0.2) is 32.4 Å². The standard InChI is InChI=1S/C16H16N4O2/c1-22-15-7-5-12(6-8-15)10-20-18-16(17-19-20)14-4-2-3-13(9-14)11-21/h2-9,21H,10-11H2,1H3. The fourth-order valence-electron chi connectivity index (χ4n) is 2.13. The number of tetrazole rings is 1. The van der Waals surface area contributed by atoms with Crippen molar-refractivity contribution in [2.75, 3.05) is 7.11 Å². The van der Waals surface area contributed by atoms with Gasteiger partial charge in [0.05, 0.1) is 20.3 Å². The lowest BCUT2D eigenvalue weighted by molar-refractivity contribution is 0.282. The summed E-state index contributed by atoms with van der Waals surface area (Å²) in [6, 6.07) is 15.2. The van der Waals surface area contributed by atoms with E-state index in [1.807, 2.05) is 48.5 Å². The zero-order valence-electron chi connectivity index (χ0n) is 12.2. The Labute approximate surface area is 128 Å². The van der Waals surface area contributed by atoms with Crippen molar-refractivity contribution in [3.63, 3.8) is 0 Å². The van der Waals surface area contributed by atoms with Gasteiger partial charge in [0.25, 0.3) is 0 Å². The van der Waals surface area contributed by atoms with Gasteiger partial charge in [0, 0.05) is 5.56 Å². The van der Waals surface area contributed by atoms with Gasteiger partial charge in [0.1, 0.15) is 5.75 Å². The van der Waals surface area contributed by atoms with Gasteiger partial charge >= 0.3 is 0 Å². The monoisotopic (exact) mass is 296 g/mol. The predicted octanol–water partition coefficient (Wildman–Crippen LogP) is 1.89. The van der Waals surface area contributed by atoms with Gasteiger partial charge in [0.2, 0.25) is 5.82 Å². The number of aromatic nitrogens is 4. The van der Waals surface area contributed by atoms with Crippen molar-refractivity contribution in [1.29, 1.82) is 0 Å². The fourth-order valence-corrected chi connectivity index (χ4v) is 2.13. The number of hydrogen-bond acceptors (Lipinski definition) is 5. The lowest BCUT2D eigenvalue weighted by Crippen LogP contribution is -2.04. The molecule has 0 saturated carbocycles. The third-order valence-corrected chi connectivity index (χ3v) is 3.30. The molecule has 1 heterocycles. The molecule has 0 spiro atoms. The highest BCUT2D eigenvalue weighted by Crippen LogP contribution is 2.16. The molecule has 0 unspecified atom stereocenters. The van der Waals surface area contributed by atoms with Gasteiger partial charge in [-0.3, -0.25) is 0 Å². The third-order valence-electron chi connectivity index (χ3n) is 3.30. The van der Waals surface area contributed by atoms with Crippen LogP contribution >= 0.6 is 0 Å². The van der Waals surface area contributed by atoms with Crippen LogP contribution in [0.2, 0.25) is 0 Å². The lowest BCUT2D eigenvalue weighted by Gasteiger charge is -2.02. The highest BCUT2D eigenvalue weighted by atomic mass is 16.5. The number of methoxy groups -OCH3 is 1.